The molecule has 2 amide bonds. The Morgan fingerprint density at radius 2 is 2.16 bits per heavy atom. The van der Waals surface area contributed by atoms with Crippen LogP contribution >= 0.6 is 0 Å². The van der Waals surface area contributed by atoms with E-state index in [9.17, 15) is 9.59 Å². The molecule has 0 radical (unpaired) electrons. The Morgan fingerprint density at radius 1 is 1.32 bits per heavy atom. The van der Waals surface area contributed by atoms with Gasteiger partial charge in [0.1, 0.15) is 0 Å². The Bertz CT molecular complexity index is 619. The highest BCUT2D eigenvalue weighted by molar-refractivity contribution is 5.92. The Morgan fingerprint density at radius 3 is 2.88 bits per heavy atom. The van der Waals surface area contributed by atoms with Gasteiger partial charge in [-0.25, -0.2) is 0 Å². The summed E-state index contributed by atoms with van der Waals surface area (Å²) in [5, 5.41) is 7.77. The number of rotatable bonds is 4. The third-order valence-corrected chi connectivity index (χ3v) is 5.46. The van der Waals surface area contributed by atoms with Gasteiger partial charge in [-0.15, -0.1) is 5.10 Å². The van der Waals surface area contributed by atoms with Crippen molar-refractivity contribution in [2.24, 2.45) is 11.3 Å². The average molecular weight is 344 g/mol. The van der Waals surface area contributed by atoms with Gasteiger partial charge in [-0.2, -0.15) is 5.10 Å². The molecule has 2 aliphatic heterocycles. The molecule has 1 aromatic rings. The lowest BCUT2D eigenvalue weighted by molar-refractivity contribution is -0.139. The van der Waals surface area contributed by atoms with Gasteiger partial charge in [0, 0.05) is 44.2 Å². The molecule has 1 spiro atoms. The highest BCUT2D eigenvalue weighted by atomic mass is 16.2. The number of nitrogens with zero attached hydrogens (tertiary/aromatic N) is 4. The molecule has 2 aliphatic rings. The third kappa shape index (κ3) is 4.17. The minimum atomic E-state index is -0.0437. The van der Waals surface area contributed by atoms with E-state index in [1.165, 1.54) is 0 Å². The predicted octanol–water partition coefficient (Wildman–Crippen LogP) is 2.37. The van der Waals surface area contributed by atoms with Gasteiger partial charge in [0.25, 0.3) is 5.91 Å². The molecule has 0 bridgehead atoms. The number of carbonyl (C=O) groups is 2. The van der Waals surface area contributed by atoms with Crippen molar-refractivity contribution in [3.05, 3.63) is 24.0 Å². The van der Waals surface area contributed by atoms with Crippen LogP contribution in [0.2, 0.25) is 0 Å². The second-order valence-corrected chi connectivity index (χ2v) is 7.94. The molecule has 1 atom stereocenters. The molecule has 6 heteroatoms. The van der Waals surface area contributed by atoms with Crippen LogP contribution in [0.5, 0.6) is 0 Å². The van der Waals surface area contributed by atoms with Crippen molar-refractivity contribution in [1.29, 1.82) is 0 Å². The van der Waals surface area contributed by atoms with Crippen molar-refractivity contribution in [2.45, 2.75) is 46.0 Å². The van der Waals surface area contributed by atoms with E-state index in [0.29, 0.717) is 24.6 Å². The van der Waals surface area contributed by atoms with E-state index in [1.54, 1.807) is 18.3 Å². The first-order valence-corrected chi connectivity index (χ1v) is 9.34. The topological polar surface area (TPSA) is 66.4 Å². The minimum Gasteiger partial charge on any atom is -0.342 e. The van der Waals surface area contributed by atoms with Crippen LogP contribution in [-0.2, 0) is 4.79 Å². The van der Waals surface area contributed by atoms with Crippen LogP contribution in [0.4, 0.5) is 0 Å². The lowest BCUT2D eigenvalue weighted by atomic mass is 9.73. The molecule has 1 aromatic heterocycles. The van der Waals surface area contributed by atoms with E-state index in [1.807, 2.05) is 9.80 Å². The summed E-state index contributed by atoms with van der Waals surface area (Å²) in [5.41, 5.74) is 0.448. The van der Waals surface area contributed by atoms with Crippen LogP contribution in [0.15, 0.2) is 18.3 Å². The van der Waals surface area contributed by atoms with Gasteiger partial charge >= 0.3 is 0 Å². The smallest absolute Gasteiger partial charge is 0.274 e. The Balaban J connectivity index is 1.69. The Labute approximate surface area is 149 Å². The molecule has 0 unspecified atom stereocenters. The summed E-state index contributed by atoms with van der Waals surface area (Å²) in [5.74, 6) is 0.813. The fraction of sp³-hybridized carbons (Fsp3) is 0.684. The largest absolute Gasteiger partial charge is 0.342 e. The van der Waals surface area contributed by atoms with E-state index < -0.39 is 0 Å². The van der Waals surface area contributed by atoms with E-state index in [-0.39, 0.29) is 17.2 Å². The van der Waals surface area contributed by atoms with Crippen molar-refractivity contribution in [3.63, 3.8) is 0 Å². The van der Waals surface area contributed by atoms with Gasteiger partial charge in [0.15, 0.2) is 5.69 Å². The van der Waals surface area contributed by atoms with Crippen molar-refractivity contribution in [3.8, 4) is 0 Å². The van der Waals surface area contributed by atoms with Crippen LogP contribution in [0.25, 0.3) is 0 Å². The number of carbonyl (C=O) groups excluding carboxylic acids is 2. The molecule has 0 N–H and O–H groups in total. The maximum Gasteiger partial charge on any atom is 0.274 e. The van der Waals surface area contributed by atoms with Gasteiger partial charge in [0.2, 0.25) is 5.91 Å². The first-order chi connectivity index (χ1) is 12.0. The molecular weight excluding hydrogens is 316 g/mol. The number of hydrogen-bond donors (Lipinski definition) is 0. The molecule has 2 fully saturated rings. The van der Waals surface area contributed by atoms with Crippen LogP contribution in [0.3, 0.4) is 0 Å². The summed E-state index contributed by atoms with van der Waals surface area (Å²) in [4.78, 5) is 29.0. The zero-order valence-corrected chi connectivity index (χ0v) is 15.3. The normalized spacial score (nSPS) is 24.2. The summed E-state index contributed by atoms with van der Waals surface area (Å²) < 4.78 is 0. The van der Waals surface area contributed by atoms with Crippen molar-refractivity contribution < 1.29 is 9.59 Å². The number of amides is 2. The zero-order valence-electron chi connectivity index (χ0n) is 15.3. The molecule has 25 heavy (non-hydrogen) atoms. The summed E-state index contributed by atoms with van der Waals surface area (Å²) in [6.07, 6.45) is 6.17. The zero-order chi connectivity index (χ0) is 17.9. The molecule has 136 valence electrons. The van der Waals surface area contributed by atoms with Crippen molar-refractivity contribution in [2.75, 3.05) is 26.2 Å². The standard InChI is InChI=1S/C19H28N4O2/c1-15(2)7-12-22-13-19(9-6-17(22)24)8-4-11-23(14-19)18(25)16-5-3-10-20-21-16/h3,5,10,15H,4,6-9,11-14H2,1-2H3/t19-/m0/s1. The lowest BCUT2D eigenvalue weighted by Gasteiger charge is -2.48. The first kappa shape index (κ1) is 17.8. The molecule has 3 rings (SSSR count). The summed E-state index contributed by atoms with van der Waals surface area (Å²) in [6.45, 7) is 7.46. The number of aromatic nitrogens is 2. The monoisotopic (exact) mass is 344 g/mol. The lowest BCUT2D eigenvalue weighted by Crippen LogP contribution is -2.55. The molecule has 0 saturated carbocycles. The fourth-order valence-electron chi connectivity index (χ4n) is 4.01. The first-order valence-electron chi connectivity index (χ1n) is 9.34. The maximum atomic E-state index is 12.7. The fourth-order valence-corrected chi connectivity index (χ4v) is 4.01. The van der Waals surface area contributed by atoms with E-state index in [4.69, 9.17) is 0 Å². The van der Waals surface area contributed by atoms with E-state index in [2.05, 4.69) is 24.0 Å². The average Bonchev–Trinajstić information content (AvgIpc) is 2.63. The van der Waals surface area contributed by atoms with E-state index in [0.717, 1.165) is 45.3 Å². The van der Waals surface area contributed by atoms with Crippen molar-refractivity contribution in [1.82, 2.24) is 20.0 Å². The summed E-state index contributed by atoms with van der Waals surface area (Å²) in [6, 6.07) is 3.46. The van der Waals surface area contributed by atoms with Crippen LogP contribution < -0.4 is 0 Å². The minimum absolute atomic E-state index is 0.0427. The van der Waals surface area contributed by atoms with Crippen LogP contribution in [0.1, 0.15) is 56.4 Å². The van der Waals surface area contributed by atoms with Crippen LogP contribution in [0, 0.1) is 11.3 Å². The van der Waals surface area contributed by atoms with Crippen LogP contribution in [-0.4, -0.2) is 58.0 Å². The van der Waals surface area contributed by atoms with Gasteiger partial charge in [-0.05, 0) is 43.7 Å². The molecule has 6 nitrogen and oxygen atoms in total. The SMILES string of the molecule is CC(C)CCN1C[C@]2(CCCN(C(=O)c3cccnn3)C2)CCC1=O. The maximum absolute atomic E-state index is 12.7. The summed E-state index contributed by atoms with van der Waals surface area (Å²) in [7, 11) is 0. The number of likely N-dealkylation sites (tertiary alicyclic amines) is 2. The highest BCUT2D eigenvalue weighted by Crippen LogP contribution is 2.39. The predicted molar refractivity (Wildman–Crippen MR) is 94.9 cm³/mol. The molecule has 3 heterocycles. The van der Waals surface area contributed by atoms with Gasteiger partial charge < -0.3 is 9.80 Å². The van der Waals surface area contributed by atoms with Gasteiger partial charge in [-0.3, -0.25) is 9.59 Å². The Kier molecular flexibility index (Phi) is 5.35. The summed E-state index contributed by atoms with van der Waals surface area (Å²) >= 11 is 0. The van der Waals surface area contributed by atoms with Crippen molar-refractivity contribution >= 4 is 11.8 Å². The van der Waals surface area contributed by atoms with Gasteiger partial charge in [-0.1, -0.05) is 13.8 Å². The molecule has 0 aromatic carbocycles. The number of piperidine rings is 2. The van der Waals surface area contributed by atoms with E-state index >= 15 is 0 Å². The number of hydrogen-bond acceptors (Lipinski definition) is 4. The molecule has 0 aliphatic carbocycles. The quantitative estimate of drug-likeness (QED) is 0.841. The second kappa shape index (κ2) is 7.50. The van der Waals surface area contributed by atoms with Gasteiger partial charge in [0.05, 0.1) is 0 Å². The molecule has 2 saturated heterocycles. The highest BCUT2D eigenvalue weighted by Gasteiger charge is 2.42. The third-order valence-electron chi connectivity index (χ3n) is 5.46. The molecular formula is C19H28N4O2. The second-order valence-electron chi connectivity index (χ2n) is 7.94. The Hall–Kier alpha value is -1.98.